The summed E-state index contributed by atoms with van der Waals surface area (Å²) in [5.41, 5.74) is 2.57. The van der Waals surface area contributed by atoms with Crippen LogP contribution in [0.2, 0.25) is 5.02 Å². The van der Waals surface area contributed by atoms with Crippen molar-refractivity contribution in [2.24, 2.45) is 0 Å². The molecule has 3 aromatic carbocycles. The van der Waals surface area contributed by atoms with E-state index in [1.54, 1.807) is 19.2 Å². The molecule has 0 saturated heterocycles. The van der Waals surface area contributed by atoms with E-state index < -0.39 is 5.82 Å². The van der Waals surface area contributed by atoms with Crippen molar-refractivity contribution in [1.82, 2.24) is 5.32 Å². The Balaban J connectivity index is 1.72. The topological polar surface area (TPSA) is 30.5 Å². The average molecular weight is 479 g/mol. The smallest absolute Gasteiger partial charge is 0.175 e. The lowest BCUT2D eigenvalue weighted by Crippen LogP contribution is -2.18. The van der Waals surface area contributed by atoms with Crippen LogP contribution in [0.15, 0.2) is 65.1 Å². The van der Waals surface area contributed by atoms with E-state index in [1.165, 1.54) is 11.6 Å². The second-order valence-corrected chi connectivity index (χ2v) is 7.87. The Morgan fingerprint density at radius 3 is 2.55 bits per heavy atom. The van der Waals surface area contributed by atoms with Crippen LogP contribution in [0.4, 0.5) is 4.39 Å². The van der Waals surface area contributed by atoms with Gasteiger partial charge in [-0.05, 0) is 58.2 Å². The molecule has 1 atom stereocenters. The van der Waals surface area contributed by atoms with Gasteiger partial charge in [-0.1, -0.05) is 48.0 Å². The highest BCUT2D eigenvalue weighted by molar-refractivity contribution is 9.10. The van der Waals surface area contributed by atoms with Crippen LogP contribution in [0, 0.1) is 5.82 Å². The third-order valence-corrected chi connectivity index (χ3v) is 5.57. The Bertz CT molecular complexity index is 948. The Morgan fingerprint density at radius 2 is 1.86 bits per heavy atom. The third kappa shape index (κ3) is 5.50. The molecule has 0 aliphatic carbocycles. The predicted molar refractivity (Wildman–Crippen MR) is 118 cm³/mol. The first kappa shape index (κ1) is 21.6. The van der Waals surface area contributed by atoms with Crippen molar-refractivity contribution < 1.29 is 13.9 Å². The maximum Gasteiger partial charge on any atom is 0.175 e. The molecule has 0 amide bonds. The number of rotatable bonds is 8. The zero-order valence-electron chi connectivity index (χ0n) is 16.2. The minimum absolute atomic E-state index is 0.00308. The van der Waals surface area contributed by atoms with Crippen molar-refractivity contribution in [1.29, 1.82) is 0 Å². The minimum Gasteiger partial charge on any atom is -0.493 e. The van der Waals surface area contributed by atoms with Gasteiger partial charge in [0.05, 0.1) is 16.6 Å². The summed E-state index contributed by atoms with van der Waals surface area (Å²) < 4.78 is 26.1. The fraction of sp³-hybridized carbons (Fsp3) is 0.217. The zero-order valence-corrected chi connectivity index (χ0v) is 18.6. The number of ether oxygens (including phenoxy) is 2. The normalized spacial score (nSPS) is 11.9. The first-order chi connectivity index (χ1) is 14.0. The van der Waals surface area contributed by atoms with Crippen LogP contribution >= 0.6 is 27.5 Å². The highest BCUT2D eigenvalue weighted by Gasteiger charge is 2.15. The lowest BCUT2D eigenvalue weighted by Gasteiger charge is -2.17. The molecule has 0 radical (unpaired) electrons. The predicted octanol–water partition coefficient (Wildman–Crippen LogP) is 6.68. The van der Waals surface area contributed by atoms with Crippen LogP contribution in [0.1, 0.15) is 29.7 Å². The fourth-order valence-corrected chi connectivity index (χ4v) is 3.78. The van der Waals surface area contributed by atoms with Gasteiger partial charge in [-0.15, -0.1) is 0 Å². The van der Waals surface area contributed by atoms with Crippen LogP contribution in [-0.4, -0.2) is 7.11 Å². The van der Waals surface area contributed by atoms with Crippen molar-refractivity contribution in [3.05, 3.63) is 92.7 Å². The highest BCUT2D eigenvalue weighted by atomic mass is 79.9. The average Bonchev–Trinajstić information content (AvgIpc) is 2.73. The summed E-state index contributed by atoms with van der Waals surface area (Å²) in [6, 6.07) is 18.9. The molecule has 3 nitrogen and oxygen atoms in total. The molecule has 0 fully saturated rings. The van der Waals surface area contributed by atoms with E-state index in [2.05, 4.69) is 40.3 Å². The molecule has 6 heteroatoms. The van der Waals surface area contributed by atoms with Crippen LogP contribution in [0.5, 0.6) is 11.5 Å². The molecule has 0 bridgehead atoms. The van der Waals surface area contributed by atoms with Gasteiger partial charge >= 0.3 is 0 Å². The second kappa shape index (κ2) is 10.1. The summed E-state index contributed by atoms with van der Waals surface area (Å²) in [5.74, 6) is 0.672. The van der Waals surface area contributed by atoms with Crippen molar-refractivity contribution in [3.63, 3.8) is 0 Å². The van der Waals surface area contributed by atoms with Crippen LogP contribution in [0.25, 0.3) is 0 Å². The number of halogens is 3. The number of benzene rings is 3. The van der Waals surface area contributed by atoms with E-state index in [9.17, 15) is 4.39 Å². The lowest BCUT2D eigenvalue weighted by atomic mass is 10.1. The summed E-state index contributed by atoms with van der Waals surface area (Å²) in [6.45, 7) is 2.78. The van der Waals surface area contributed by atoms with Crippen LogP contribution < -0.4 is 14.8 Å². The highest BCUT2D eigenvalue weighted by Crippen LogP contribution is 2.38. The summed E-state index contributed by atoms with van der Waals surface area (Å²) in [4.78, 5) is 0. The molecule has 3 aromatic rings. The summed E-state index contributed by atoms with van der Waals surface area (Å²) in [7, 11) is 1.58. The van der Waals surface area contributed by atoms with Gasteiger partial charge in [0, 0.05) is 18.2 Å². The first-order valence-corrected chi connectivity index (χ1v) is 10.4. The maximum atomic E-state index is 14.0. The Morgan fingerprint density at radius 1 is 1.10 bits per heavy atom. The number of methoxy groups -OCH3 is 1. The number of hydrogen-bond acceptors (Lipinski definition) is 3. The van der Waals surface area contributed by atoms with Gasteiger partial charge in [-0.2, -0.15) is 0 Å². The van der Waals surface area contributed by atoms with Crippen LogP contribution in [0.3, 0.4) is 0 Å². The van der Waals surface area contributed by atoms with Gasteiger partial charge < -0.3 is 14.8 Å². The van der Waals surface area contributed by atoms with Gasteiger partial charge in [0.15, 0.2) is 11.5 Å². The number of hydrogen-bond donors (Lipinski definition) is 1. The third-order valence-electron chi connectivity index (χ3n) is 4.62. The molecule has 0 aromatic heterocycles. The molecule has 0 spiro atoms. The molecule has 0 aliphatic rings. The van der Waals surface area contributed by atoms with E-state index in [0.29, 0.717) is 28.6 Å². The minimum atomic E-state index is -0.400. The molecule has 0 saturated carbocycles. The summed E-state index contributed by atoms with van der Waals surface area (Å²) in [6.07, 6.45) is 0. The molecule has 1 unspecified atom stereocenters. The van der Waals surface area contributed by atoms with Crippen molar-refractivity contribution in [3.8, 4) is 11.5 Å². The first-order valence-electron chi connectivity index (χ1n) is 9.20. The van der Waals surface area contributed by atoms with Gasteiger partial charge in [0.25, 0.3) is 0 Å². The molecule has 1 N–H and O–H groups in total. The number of nitrogens with one attached hydrogen (secondary N) is 1. The van der Waals surface area contributed by atoms with E-state index >= 15 is 0 Å². The van der Waals surface area contributed by atoms with Gasteiger partial charge in [-0.3, -0.25) is 0 Å². The van der Waals surface area contributed by atoms with E-state index in [1.807, 2.05) is 30.3 Å². The molecule has 0 heterocycles. The van der Waals surface area contributed by atoms with Gasteiger partial charge in [0.1, 0.15) is 12.4 Å². The molecule has 3 rings (SSSR count). The Kier molecular flexibility index (Phi) is 7.53. The maximum absolute atomic E-state index is 14.0. The molecule has 152 valence electrons. The SMILES string of the molecule is COc1cc(CNC(C)c2ccccc2)cc(Br)c1OCc1c(F)cccc1Cl. The monoisotopic (exact) mass is 477 g/mol. The second-order valence-electron chi connectivity index (χ2n) is 6.61. The summed E-state index contributed by atoms with van der Waals surface area (Å²) >= 11 is 9.63. The Labute approximate surface area is 183 Å². The van der Waals surface area contributed by atoms with Gasteiger partial charge in [0.2, 0.25) is 0 Å². The molecule has 29 heavy (non-hydrogen) atoms. The van der Waals surface area contributed by atoms with Crippen molar-refractivity contribution >= 4 is 27.5 Å². The zero-order chi connectivity index (χ0) is 20.8. The quantitative estimate of drug-likeness (QED) is 0.392. The van der Waals surface area contributed by atoms with Crippen molar-refractivity contribution in [2.45, 2.75) is 26.1 Å². The van der Waals surface area contributed by atoms with Crippen LogP contribution in [-0.2, 0) is 13.2 Å². The molecular weight excluding hydrogens is 457 g/mol. The molecule has 0 aliphatic heterocycles. The fourth-order valence-electron chi connectivity index (χ4n) is 2.96. The summed E-state index contributed by atoms with van der Waals surface area (Å²) in [5, 5.41) is 3.83. The van der Waals surface area contributed by atoms with E-state index in [0.717, 1.165) is 10.0 Å². The standard InChI is InChI=1S/C23H22BrClFNO2/c1-15(17-7-4-3-5-8-17)27-13-16-11-19(24)23(22(12-16)28-2)29-14-18-20(25)9-6-10-21(18)26/h3-12,15,27H,13-14H2,1-2H3. The largest absolute Gasteiger partial charge is 0.493 e. The Hall–Kier alpha value is -2.08. The van der Waals surface area contributed by atoms with Gasteiger partial charge in [-0.25, -0.2) is 4.39 Å². The molecular formula is C23H22BrClFNO2. The lowest BCUT2D eigenvalue weighted by molar-refractivity contribution is 0.277. The van der Waals surface area contributed by atoms with Crippen molar-refractivity contribution in [2.75, 3.05) is 7.11 Å². The van der Waals surface area contributed by atoms with E-state index in [4.69, 9.17) is 21.1 Å². The van der Waals surface area contributed by atoms with E-state index in [-0.39, 0.29) is 12.6 Å².